The van der Waals surface area contributed by atoms with Gasteiger partial charge in [0.25, 0.3) is 0 Å². The van der Waals surface area contributed by atoms with E-state index < -0.39 is 0 Å². The second kappa shape index (κ2) is 6.83. The molecule has 2 rings (SSSR count). The molecule has 0 unspecified atom stereocenters. The van der Waals surface area contributed by atoms with Gasteiger partial charge in [-0.25, -0.2) is 4.39 Å². The minimum Gasteiger partial charge on any atom is -0.312 e. The summed E-state index contributed by atoms with van der Waals surface area (Å²) in [4.78, 5) is 0. The standard InChI is InChI=1S/C16H17BrFN/c1-12-9-14(5-6-16(12)17)11-19-8-7-13-3-2-4-15(18)10-13/h2-6,9-10,19H,7-8,11H2,1H3. The molecule has 0 aliphatic heterocycles. The first-order chi connectivity index (χ1) is 9.15. The highest BCUT2D eigenvalue weighted by molar-refractivity contribution is 9.10. The third kappa shape index (κ3) is 4.44. The molecule has 1 nitrogen and oxygen atoms in total. The van der Waals surface area contributed by atoms with Crippen molar-refractivity contribution in [2.45, 2.75) is 19.9 Å². The summed E-state index contributed by atoms with van der Waals surface area (Å²) >= 11 is 3.49. The summed E-state index contributed by atoms with van der Waals surface area (Å²) in [5.74, 6) is -0.166. The second-order valence-corrected chi connectivity index (χ2v) is 5.49. The Morgan fingerprint density at radius 1 is 1.11 bits per heavy atom. The number of benzene rings is 2. The van der Waals surface area contributed by atoms with Gasteiger partial charge in [-0.2, -0.15) is 0 Å². The number of hydrogen-bond donors (Lipinski definition) is 1. The lowest BCUT2D eigenvalue weighted by atomic mass is 10.1. The quantitative estimate of drug-likeness (QED) is 0.813. The molecule has 1 N–H and O–H groups in total. The molecule has 0 spiro atoms. The van der Waals surface area contributed by atoms with Crippen LogP contribution in [0.5, 0.6) is 0 Å². The number of rotatable bonds is 5. The lowest BCUT2D eigenvalue weighted by molar-refractivity contribution is 0.622. The Kier molecular flexibility index (Phi) is 5.11. The Hall–Kier alpha value is -1.19. The molecule has 0 amide bonds. The van der Waals surface area contributed by atoms with Crippen molar-refractivity contribution in [3.8, 4) is 0 Å². The number of aryl methyl sites for hydroxylation is 1. The molecule has 3 heteroatoms. The zero-order valence-corrected chi connectivity index (χ0v) is 12.5. The van der Waals surface area contributed by atoms with E-state index in [1.807, 2.05) is 6.07 Å². The monoisotopic (exact) mass is 321 g/mol. The van der Waals surface area contributed by atoms with E-state index in [4.69, 9.17) is 0 Å². The minimum atomic E-state index is -0.166. The first kappa shape index (κ1) is 14.2. The molecule has 2 aromatic carbocycles. The first-order valence-corrected chi connectivity index (χ1v) is 7.14. The highest BCUT2D eigenvalue weighted by Crippen LogP contribution is 2.16. The van der Waals surface area contributed by atoms with Crippen molar-refractivity contribution < 1.29 is 4.39 Å². The van der Waals surface area contributed by atoms with Crippen LogP contribution in [-0.2, 0) is 13.0 Å². The molecule has 19 heavy (non-hydrogen) atoms. The molecule has 0 radical (unpaired) electrons. The van der Waals surface area contributed by atoms with Crippen molar-refractivity contribution in [3.63, 3.8) is 0 Å². The van der Waals surface area contributed by atoms with Gasteiger partial charge < -0.3 is 5.32 Å². The van der Waals surface area contributed by atoms with Crippen molar-refractivity contribution in [1.82, 2.24) is 5.32 Å². The average molecular weight is 322 g/mol. The predicted molar refractivity (Wildman–Crippen MR) is 80.7 cm³/mol. The highest BCUT2D eigenvalue weighted by atomic mass is 79.9. The fraction of sp³-hybridized carbons (Fsp3) is 0.250. The molecule has 0 atom stereocenters. The Morgan fingerprint density at radius 3 is 2.68 bits per heavy atom. The number of halogens is 2. The van der Waals surface area contributed by atoms with Gasteiger partial charge >= 0.3 is 0 Å². The van der Waals surface area contributed by atoms with Gasteiger partial charge in [0.15, 0.2) is 0 Å². The van der Waals surface area contributed by atoms with Crippen LogP contribution in [0.2, 0.25) is 0 Å². The Morgan fingerprint density at radius 2 is 1.95 bits per heavy atom. The highest BCUT2D eigenvalue weighted by Gasteiger charge is 1.98. The normalized spacial score (nSPS) is 10.7. The summed E-state index contributed by atoms with van der Waals surface area (Å²) in [6.07, 6.45) is 0.841. The van der Waals surface area contributed by atoms with Crippen molar-refractivity contribution in [3.05, 3.63) is 69.4 Å². The van der Waals surface area contributed by atoms with Crippen LogP contribution >= 0.6 is 15.9 Å². The maximum atomic E-state index is 13.0. The van der Waals surface area contributed by atoms with E-state index in [1.54, 1.807) is 12.1 Å². The third-order valence-electron chi connectivity index (χ3n) is 3.03. The summed E-state index contributed by atoms with van der Waals surface area (Å²) in [6, 6.07) is 13.1. The molecule has 100 valence electrons. The molecule has 0 saturated heterocycles. The zero-order chi connectivity index (χ0) is 13.7. The van der Waals surface area contributed by atoms with Gasteiger partial charge in [-0.3, -0.25) is 0 Å². The van der Waals surface area contributed by atoms with Gasteiger partial charge in [-0.1, -0.05) is 40.2 Å². The third-order valence-corrected chi connectivity index (χ3v) is 3.92. The van der Waals surface area contributed by atoms with Gasteiger partial charge in [0.1, 0.15) is 5.82 Å². The van der Waals surface area contributed by atoms with Gasteiger partial charge in [0, 0.05) is 11.0 Å². The van der Waals surface area contributed by atoms with Crippen molar-refractivity contribution in [1.29, 1.82) is 0 Å². The van der Waals surface area contributed by atoms with Crippen molar-refractivity contribution in [2.75, 3.05) is 6.54 Å². The van der Waals surface area contributed by atoms with Gasteiger partial charge in [0.2, 0.25) is 0 Å². The molecule has 0 bridgehead atoms. The molecule has 2 aromatic rings. The molecule has 0 aliphatic carbocycles. The molecule has 0 aromatic heterocycles. The van der Waals surface area contributed by atoms with Crippen LogP contribution in [0.25, 0.3) is 0 Å². The van der Waals surface area contributed by atoms with E-state index in [-0.39, 0.29) is 5.82 Å². The minimum absolute atomic E-state index is 0.166. The van der Waals surface area contributed by atoms with Gasteiger partial charge in [-0.05, 0) is 54.8 Å². The summed E-state index contributed by atoms with van der Waals surface area (Å²) in [6.45, 7) is 3.77. The van der Waals surface area contributed by atoms with Crippen LogP contribution in [0.15, 0.2) is 46.9 Å². The summed E-state index contributed by atoms with van der Waals surface area (Å²) in [5.41, 5.74) is 3.53. The molecule has 0 saturated carbocycles. The Balaban J connectivity index is 1.79. The Labute approximate surface area is 122 Å². The maximum Gasteiger partial charge on any atom is 0.123 e. The second-order valence-electron chi connectivity index (χ2n) is 4.64. The van der Waals surface area contributed by atoms with Crippen LogP contribution in [0, 0.1) is 12.7 Å². The summed E-state index contributed by atoms with van der Waals surface area (Å²) in [5, 5.41) is 3.38. The molecule has 0 aliphatic rings. The lowest BCUT2D eigenvalue weighted by Crippen LogP contribution is -2.16. The van der Waals surface area contributed by atoms with E-state index in [0.717, 1.165) is 29.5 Å². The predicted octanol–water partition coefficient (Wildman–Crippen LogP) is 4.23. The van der Waals surface area contributed by atoms with E-state index in [9.17, 15) is 4.39 Å². The van der Waals surface area contributed by atoms with E-state index in [1.165, 1.54) is 17.2 Å². The fourth-order valence-electron chi connectivity index (χ4n) is 1.97. The average Bonchev–Trinajstić information content (AvgIpc) is 2.39. The molecular formula is C16H17BrFN. The smallest absolute Gasteiger partial charge is 0.123 e. The van der Waals surface area contributed by atoms with Crippen molar-refractivity contribution >= 4 is 15.9 Å². The van der Waals surface area contributed by atoms with Crippen LogP contribution < -0.4 is 5.32 Å². The van der Waals surface area contributed by atoms with Crippen LogP contribution in [0.3, 0.4) is 0 Å². The SMILES string of the molecule is Cc1cc(CNCCc2cccc(F)c2)ccc1Br. The number of nitrogens with one attached hydrogen (secondary N) is 1. The largest absolute Gasteiger partial charge is 0.312 e. The molecule has 0 heterocycles. The van der Waals surface area contributed by atoms with E-state index >= 15 is 0 Å². The van der Waals surface area contributed by atoms with Crippen LogP contribution in [-0.4, -0.2) is 6.54 Å². The topological polar surface area (TPSA) is 12.0 Å². The van der Waals surface area contributed by atoms with Crippen LogP contribution in [0.1, 0.15) is 16.7 Å². The Bertz CT molecular complexity index is 554. The van der Waals surface area contributed by atoms with E-state index in [2.05, 4.69) is 46.4 Å². The molecular weight excluding hydrogens is 305 g/mol. The van der Waals surface area contributed by atoms with Crippen molar-refractivity contribution in [2.24, 2.45) is 0 Å². The van der Waals surface area contributed by atoms with Gasteiger partial charge in [-0.15, -0.1) is 0 Å². The van der Waals surface area contributed by atoms with Crippen LogP contribution in [0.4, 0.5) is 4.39 Å². The first-order valence-electron chi connectivity index (χ1n) is 6.35. The summed E-state index contributed by atoms with van der Waals surface area (Å²) < 4.78 is 14.1. The van der Waals surface area contributed by atoms with Gasteiger partial charge in [0.05, 0.1) is 0 Å². The number of hydrogen-bond acceptors (Lipinski definition) is 1. The maximum absolute atomic E-state index is 13.0. The fourth-order valence-corrected chi connectivity index (χ4v) is 2.22. The lowest BCUT2D eigenvalue weighted by Gasteiger charge is -2.07. The zero-order valence-electron chi connectivity index (χ0n) is 10.9. The summed E-state index contributed by atoms with van der Waals surface area (Å²) in [7, 11) is 0. The van der Waals surface area contributed by atoms with E-state index in [0.29, 0.717) is 0 Å². The molecule has 0 fully saturated rings.